The van der Waals surface area contributed by atoms with Crippen molar-refractivity contribution in [3.05, 3.63) is 41.5 Å². The third kappa shape index (κ3) is 4.45. The number of aliphatic hydroxyl groups is 1. The van der Waals surface area contributed by atoms with Crippen LogP contribution < -0.4 is 4.74 Å². The molecule has 0 radical (unpaired) electrons. The quantitative estimate of drug-likeness (QED) is 0.618. The predicted molar refractivity (Wildman–Crippen MR) is 101 cm³/mol. The smallest absolute Gasteiger partial charge is 0.416 e. The van der Waals surface area contributed by atoms with Crippen LogP contribution in [0.3, 0.4) is 0 Å². The van der Waals surface area contributed by atoms with E-state index < -0.39 is 17.2 Å². The van der Waals surface area contributed by atoms with Gasteiger partial charge >= 0.3 is 6.18 Å². The van der Waals surface area contributed by atoms with E-state index >= 15 is 0 Å². The number of halogens is 3. The maximum absolute atomic E-state index is 13.0. The number of fused-ring (bicyclic) bond motifs is 1. The molecule has 29 heavy (non-hydrogen) atoms. The van der Waals surface area contributed by atoms with E-state index in [-0.39, 0.29) is 35.7 Å². The first kappa shape index (κ1) is 20.9. The summed E-state index contributed by atoms with van der Waals surface area (Å²) in [6.07, 6.45) is -4.05. The number of aromatic hydroxyl groups is 1. The highest BCUT2D eigenvalue weighted by Crippen LogP contribution is 2.38. The number of alkyl halides is 3. The van der Waals surface area contributed by atoms with Gasteiger partial charge in [0.1, 0.15) is 28.2 Å². The Morgan fingerprint density at radius 1 is 1.03 bits per heavy atom. The lowest BCUT2D eigenvalue weighted by atomic mass is 9.86. The van der Waals surface area contributed by atoms with E-state index in [1.165, 1.54) is 12.1 Å². The van der Waals surface area contributed by atoms with Crippen molar-refractivity contribution in [2.24, 2.45) is 0 Å². The number of phenolic OH excluding ortho intramolecular Hbond substituents is 1. The molecule has 6 nitrogen and oxygen atoms in total. The average molecular weight is 409 g/mol. The van der Waals surface area contributed by atoms with Gasteiger partial charge in [0.15, 0.2) is 0 Å². The van der Waals surface area contributed by atoms with E-state index in [0.29, 0.717) is 17.7 Å². The highest BCUT2D eigenvalue weighted by molar-refractivity contribution is 5.75. The first-order chi connectivity index (χ1) is 13.5. The Hall–Kier alpha value is -2.81. The van der Waals surface area contributed by atoms with Gasteiger partial charge in [0.05, 0.1) is 12.2 Å². The summed E-state index contributed by atoms with van der Waals surface area (Å²) in [5.74, 6) is 0.358. The van der Waals surface area contributed by atoms with Crippen LogP contribution in [0.25, 0.3) is 16.7 Å². The first-order valence-electron chi connectivity index (χ1n) is 9.06. The fourth-order valence-electron chi connectivity index (χ4n) is 2.85. The molecule has 0 fully saturated rings. The monoisotopic (exact) mass is 409 g/mol. The van der Waals surface area contributed by atoms with Crippen molar-refractivity contribution in [1.29, 1.82) is 0 Å². The Labute approximate surface area is 165 Å². The highest BCUT2D eigenvalue weighted by atomic mass is 19.4. The molecule has 3 rings (SSSR count). The van der Waals surface area contributed by atoms with Gasteiger partial charge in [-0.05, 0) is 29.7 Å². The third-order valence-electron chi connectivity index (χ3n) is 4.37. The molecule has 0 atom stereocenters. The fourth-order valence-corrected chi connectivity index (χ4v) is 2.85. The van der Waals surface area contributed by atoms with E-state index in [9.17, 15) is 18.3 Å². The van der Waals surface area contributed by atoms with Crippen molar-refractivity contribution in [3.63, 3.8) is 0 Å². The van der Waals surface area contributed by atoms with Crippen LogP contribution in [0.2, 0.25) is 0 Å². The molecule has 0 aliphatic carbocycles. The molecule has 2 aromatic carbocycles. The lowest BCUT2D eigenvalue weighted by molar-refractivity contribution is -0.137. The number of aliphatic hydroxyl groups excluding tert-OH is 1. The minimum absolute atomic E-state index is 0.0231. The number of phenols is 1. The summed E-state index contributed by atoms with van der Waals surface area (Å²) >= 11 is 0. The molecule has 156 valence electrons. The number of ether oxygens (including phenoxy) is 1. The van der Waals surface area contributed by atoms with E-state index in [0.717, 1.165) is 16.9 Å². The zero-order valence-electron chi connectivity index (χ0n) is 16.3. The van der Waals surface area contributed by atoms with Crippen molar-refractivity contribution in [3.8, 4) is 17.2 Å². The third-order valence-corrected chi connectivity index (χ3v) is 4.37. The fraction of sp³-hybridized carbons (Fsp3) is 0.400. The van der Waals surface area contributed by atoms with Gasteiger partial charge in [-0.15, -0.1) is 15.0 Å². The molecule has 0 saturated carbocycles. The molecular weight excluding hydrogens is 387 g/mol. The van der Waals surface area contributed by atoms with E-state index in [4.69, 9.17) is 9.84 Å². The minimum Gasteiger partial charge on any atom is -0.505 e. The topological polar surface area (TPSA) is 80.4 Å². The van der Waals surface area contributed by atoms with Crippen molar-refractivity contribution >= 4 is 11.0 Å². The summed E-state index contributed by atoms with van der Waals surface area (Å²) < 4.78 is 44.5. The van der Waals surface area contributed by atoms with Gasteiger partial charge in [-0.2, -0.15) is 13.2 Å². The summed E-state index contributed by atoms with van der Waals surface area (Å²) in [6.45, 7) is 5.97. The van der Waals surface area contributed by atoms with E-state index in [1.54, 1.807) is 6.07 Å². The maximum Gasteiger partial charge on any atom is 0.416 e. The lowest BCUT2D eigenvalue weighted by Crippen LogP contribution is -2.14. The Morgan fingerprint density at radius 3 is 2.34 bits per heavy atom. The number of hydrogen-bond acceptors (Lipinski definition) is 5. The highest BCUT2D eigenvalue weighted by Gasteiger charge is 2.31. The zero-order chi connectivity index (χ0) is 21.4. The lowest BCUT2D eigenvalue weighted by Gasteiger charge is -2.23. The van der Waals surface area contributed by atoms with Crippen LogP contribution in [0.15, 0.2) is 30.3 Å². The van der Waals surface area contributed by atoms with Gasteiger partial charge in [-0.25, -0.2) is 0 Å². The standard InChI is InChI=1S/C20H22F3N3O3/c1-19(2,3)14-10-13(29-8-4-7-27)11-17(18(14)28)26-24-15-6-5-12(20(21,22)23)9-16(15)25-26/h5-6,9-11,27-28H,4,7-8H2,1-3H3. The largest absolute Gasteiger partial charge is 0.505 e. The van der Waals surface area contributed by atoms with Crippen molar-refractivity contribution in [2.45, 2.75) is 38.8 Å². The van der Waals surface area contributed by atoms with Crippen molar-refractivity contribution in [1.82, 2.24) is 15.0 Å². The second kappa shape index (κ2) is 7.55. The molecule has 0 aliphatic rings. The molecule has 0 amide bonds. The Bertz CT molecular complexity index is 1020. The van der Waals surface area contributed by atoms with Gasteiger partial charge in [0.2, 0.25) is 0 Å². The molecule has 1 heterocycles. The Kier molecular flexibility index (Phi) is 5.44. The molecule has 1 aromatic heterocycles. The SMILES string of the molecule is CC(C)(C)c1cc(OCCCO)cc(-n2nc3ccc(C(F)(F)F)cc3n2)c1O. The van der Waals surface area contributed by atoms with E-state index in [1.807, 2.05) is 20.8 Å². The molecule has 9 heteroatoms. The Balaban J connectivity index is 2.12. The summed E-state index contributed by atoms with van der Waals surface area (Å²) in [6, 6.07) is 6.32. The van der Waals surface area contributed by atoms with Crippen LogP contribution in [-0.4, -0.2) is 38.4 Å². The number of aromatic nitrogens is 3. The molecule has 0 unspecified atom stereocenters. The normalized spacial score (nSPS) is 12.5. The van der Waals surface area contributed by atoms with Crippen molar-refractivity contribution in [2.75, 3.05) is 13.2 Å². The number of nitrogens with zero attached hydrogens (tertiary/aromatic N) is 3. The van der Waals surface area contributed by atoms with Gasteiger partial charge in [-0.3, -0.25) is 0 Å². The predicted octanol–water partition coefficient (Wildman–Crippen LogP) is 4.20. The second-order valence-electron chi connectivity index (χ2n) is 7.70. The van der Waals surface area contributed by atoms with Gasteiger partial charge < -0.3 is 14.9 Å². The summed E-state index contributed by atoms with van der Waals surface area (Å²) in [4.78, 5) is 1.11. The van der Waals surface area contributed by atoms with E-state index in [2.05, 4.69) is 10.2 Å². The molecule has 0 spiro atoms. The van der Waals surface area contributed by atoms with Crippen LogP contribution in [0.4, 0.5) is 13.2 Å². The van der Waals surface area contributed by atoms with Crippen molar-refractivity contribution < 1.29 is 28.1 Å². The summed E-state index contributed by atoms with van der Waals surface area (Å²) in [5, 5.41) is 28.1. The van der Waals surface area contributed by atoms with Crippen LogP contribution >= 0.6 is 0 Å². The maximum atomic E-state index is 13.0. The van der Waals surface area contributed by atoms with Gasteiger partial charge in [0, 0.05) is 24.7 Å². The molecule has 0 bridgehead atoms. The molecule has 0 saturated heterocycles. The Morgan fingerprint density at radius 2 is 1.72 bits per heavy atom. The van der Waals surface area contributed by atoms with Crippen LogP contribution in [0.1, 0.15) is 38.3 Å². The minimum atomic E-state index is -4.49. The average Bonchev–Trinajstić information content (AvgIpc) is 3.04. The number of rotatable bonds is 5. The molecular formula is C20H22F3N3O3. The number of hydrogen-bond donors (Lipinski definition) is 2. The second-order valence-corrected chi connectivity index (χ2v) is 7.70. The van der Waals surface area contributed by atoms with Gasteiger partial charge in [0.25, 0.3) is 0 Å². The molecule has 3 aromatic rings. The first-order valence-corrected chi connectivity index (χ1v) is 9.06. The van der Waals surface area contributed by atoms with Gasteiger partial charge in [-0.1, -0.05) is 20.8 Å². The summed E-state index contributed by atoms with van der Waals surface area (Å²) in [5.41, 5.74) is -0.166. The zero-order valence-corrected chi connectivity index (χ0v) is 16.3. The molecule has 2 N–H and O–H groups in total. The number of benzene rings is 2. The van der Waals surface area contributed by atoms with Crippen LogP contribution in [-0.2, 0) is 11.6 Å². The summed E-state index contributed by atoms with van der Waals surface area (Å²) in [7, 11) is 0. The molecule has 0 aliphatic heterocycles. The van der Waals surface area contributed by atoms with Crippen LogP contribution in [0, 0.1) is 0 Å². The van der Waals surface area contributed by atoms with Crippen LogP contribution in [0.5, 0.6) is 11.5 Å².